The van der Waals surface area contributed by atoms with Crippen molar-refractivity contribution in [1.82, 2.24) is 19.5 Å². The summed E-state index contributed by atoms with van der Waals surface area (Å²) in [6.45, 7) is 2.23. The number of nitrogen functional groups attached to an aromatic ring is 1. The molecule has 0 aliphatic carbocycles. The predicted octanol–water partition coefficient (Wildman–Crippen LogP) is 2.78. The number of piperidine rings is 1. The molecule has 1 amide bonds. The molecule has 4 N–H and O–H groups in total. The lowest BCUT2D eigenvalue weighted by Gasteiger charge is -2.30. The Kier molecular flexibility index (Phi) is 4.83. The molecular weight excluding hydrogens is 377 g/mol. The minimum absolute atomic E-state index is 0.0574. The summed E-state index contributed by atoms with van der Waals surface area (Å²) in [7, 11) is 0. The molecule has 1 aromatic carbocycles. The van der Waals surface area contributed by atoms with E-state index in [4.69, 9.17) is 5.73 Å². The number of benzene rings is 1. The van der Waals surface area contributed by atoms with E-state index in [1.807, 2.05) is 6.07 Å². The zero-order chi connectivity index (χ0) is 20.7. The molecule has 0 bridgehead atoms. The normalized spacial score (nSPS) is 17.1. The van der Waals surface area contributed by atoms with Gasteiger partial charge in [-0.05, 0) is 43.0 Å². The van der Waals surface area contributed by atoms with Crippen molar-refractivity contribution in [2.75, 3.05) is 18.8 Å². The van der Waals surface area contributed by atoms with Crippen LogP contribution in [0.2, 0.25) is 0 Å². The Morgan fingerprint density at radius 2 is 2.17 bits per heavy atom. The molecule has 0 radical (unpaired) electrons. The van der Waals surface area contributed by atoms with Gasteiger partial charge >= 0.3 is 6.09 Å². The Morgan fingerprint density at radius 1 is 1.38 bits per heavy atom. The highest BCUT2D eigenvalue weighted by atomic mass is 19.1. The fraction of sp³-hybridized carbons (Fsp3) is 0.350. The molecule has 1 saturated heterocycles. The number of aliphatic hydroxyl groups is 1. The van der Waals surface area contributed by atoms with E-state index in [9.17, 15) is 19.4 Å². The number of carboxylic acid groups (broad SMARTS) is 1. The summed E-state index contributed by atoms with van der Waals surface area (Å²) < 4.78 is 16.2. The van der Waals surface area contributed by atoms with E-state index in [-0.39, 0.29) is 23.9 Å². The number of carbonyl (C=O) groups is 1. The van der Waals surface area contributed by atoms with Gasteiger partial charge in [-0.3, -0.25) is 0 Å². The van der Waals surface area contributed by atoms with Gasteiger partial charge in [0.1, 0.15) is 17.7 Å². The average molecular weight is 399 g/mol. The van der Waals surface area contributed by atoms with Crippen LogP contribution in [0, 0.1) is 12.7 Å². The largest absolute Gasteiger partial charge is 0.465 e. The van der Waals surface area contributed by atoms with Gasteiger partial charge in [0, 0.05) is 35.8 Å². The molecule has 0 spiro atoms. The summed E-state index contributed by atoms with van der Waals surface area (Å²) in [6.07, 6.45) is 1.98. The molecule has 1 unspecified atom stereocenters. The van der Waals surface area contributed by atoms with Crippen LogP contribution in [0.4, 0.5) is 15.0 Å². The minimum atomic E-state index is -0.942. The predicted molar refractivity (Wildman–Crippen MR) is 105 cm³/mol. The SMILES string of the molecule is Cc1cc(-c2cc(C3CCCN(C(=O)O)C3)n3ncnc(N)c23)cc(F)c1CO. The summed E-state index contributed by atoms with van der Waals surface area (Å²) in [5.74, 6) is -0.289. The van der Waals surface area contributed by atoms with Crippen molar-refractivity contribution >= 4 is 17.4 Å². The van der Waals surface area contributed by atoms with Crippen LogP contribution in [0.15, 0.2) is 24.5 Å². The Labute approximate surface area is 166 Å². The second-order valence-electron chi connectivity index (χ2n) is 7.37. The number of aliphatic hydroxyl groups excluding tert-OH is 1. The number of hydrogen-bond donors (Lipinski definition) is 3. The maximum atomic E-state index is 14.5. The van der Waals surface area contributed by atoms with Crippen molar-refractivity contribution in [2.45, 2.75) is 32.3 Å². The first-order valence-electron chi connectivity index (χ1n) is 9.41. The minimum Gasteiger partial charge on any atom is -0.465 e. The molecular formula is C20H22FN5O3. The van der Waals surface area contributed by atoms with Gasteiger partial charge in [-0.2, -0.15) is 5.10 Å². The molecule has 3 aromatic rings. The van der Waals surface area contributed by atoms with Crippen LogP contribution in [-0.4, -0.2) is 48.9 Å². The number of hydrogen-bond acceptors (Lipinski definition) is 5. The molecule has 1 aliphatic heterocycles. The number of halogens is 1. The van der Waals surface area contributed by atoms with E-state index >= 15 is 0 Å². The molecule has 3 heterocycles. The lowest BCUT2D eigenvalue weighted by molar-refractivity contribution is 0.130. The van der Waals surface area contributed by atoms with Crippen LogP contribution in [0.3, 0.4) is 0 Å². The van der Waals surface area contributed by atoms with Crippen LogP contribution >= 0.6 is 0 Å². The summed E-state index contributed by atoms with van der Waals surface area (Å²) in [4.78, 5) is 16.9. The van der Waals surface area contributed by atoms with Crippen LogP contribution in [-0.2, 0) is 6.61 Å². The highest BCUT2D eigenvalue weighted by Gasteiger charge is 2.28. The molecule has 2 aromatic heterocycles. The summed E-state index contributed by atoms with van der Waals surface area (Å²) in [5, 5.41) is 23.1. The van der Waals surface area contributed by atoms with Crippen molar-refractivity contribution in [3.8, 4) is 11.1 Å². The van der Waals surface area contributed by atoms with Gasteiger partial charge in [-0.1, -0.05) is 6.07 Å². The van der Waals surface area contributed by atoms with E-state index in [0.29, 0.717) is 35.3 Å². The number of fused-ring (bicyclic) bond motifs is 1. The lowest BCUT2D eigenvalue weighted by atomic mass is 9.94. The fourth-order valence-electron chi connectivity index (χ4n) is 4.13. The molecule has 1 aliphatic rings. The number of aryl methyl sites for hydroxylation is 1. The second kappa shape index (κ2) is 7.32. The van der Waals surface area contributed by atoms with Gasteiger partial charge in [-0.15, -0.1) is 0 Å². The molecule has 0 saturated carbocycles. The molecule has 1 fully saturated rings. The topological polar surface area (TPSA) is 117 Å². The molecule has 152 valence electrons. The molecule has 1 atom stereocenters. The number of likely N-dealkylation sites (tertiary alicyclic amines) is 1. The molecule has 29 heavy (non-hydrogen) atoms. The monoisotopic (exact) mass is 399 g/mol. The summed E-state index contributed by atoms with van der Waals surface area (Å²) in [5.41, 5.74) is 9.69. The van der Waals surface area contributed by atoms with E-state index in [1.165, 1.54) is 17.3 Å². The zero-order valence-electron chi connectivity index (χ0n) is 16.0. The molecule has 4 rings (SSSR count). The van der Waals surface area contributed by atoms with Gasteiger partial charge in [-0.25, -0.2) is 18.7 Å². The third kappa shape index (κ3) is 3.27. The fourth-order valence-corrected chi connectivity index (χ4v) is 4.13. The van der Waals surface area contributed by atoms with Gasteiger partial charge in [0.25, 0.3) is 0 Å². The number of nitrogens with two attached hydrogens (primary N) is 1. The highest BCUT2D eigenvalue weighted by Crippen LogP contribution is 2.37. The second-order valence-corrected chi connectivity index (χ2v) is 7.37. The van der Waals surface area contributed by atoms with Crippen molar-refractivity contribution in [3.63, 3.8) is 0 Å². The number of aromatic nitrogens is 3. The number of rotatable bonds is 3. The van der Waals surface area contributed by atoms with Crippen molar-refractivity contribution in [2.24, 2.45) is 0 Å². The lowest BCUT2D eigenvalue weighted by Crippen LogP contribution is -2.38. The standard InChI is InChI=1S/C20H22FN5O3/c1-11-5-13(6-16(21)15(11)9-27)14-7-17(26-18(14)19(22)23-10-24-26)12-3-2-4-25(8-12)20(28)29/h5-7,10,12,27H,2-4,8-9H2,1H3,(H,28,29)(H2,22,23,24). The maximum absolute atomic E-state index is 14.5. The first kappa shape index (κ1) is 19.1. The third-order valence-electron chi connectivity index (χ3n) is 5.61. The average Bonchev–Trinajstić information content (AvgIpc) is 3.09. The summed E-state index contributed by atoms with van der Waals surface area (Å²) >= 11 is 0. The van der Waals surface area contributed by atoms with Crippen molar-refractivity contribution in [3.05, 3.63) is 47.2 Å². The van der Waals surface area contributed by atoms with Gasteiger partial charge in [0.2, 0.25) is 0 Å². The Hall–Kier alpha value is -3.20. The van der Waals surface area contributed by atoms with Crippen LogP contribution in [0.5, 0.6) is 0 Å². The zero-order valence-corrected chi connectivity index (χ0v) is 16.0. The number of nitrogens with zero attached hydrogens (tertiary/aromatic N) is 4. The highest BCUT2D eigenvalue weighted by molar-refractivity contribution is 5.88. The first-order valence-corrected chi connectivity index (χ1v) is 9.41. The van der Waals surface area contributed by atoms with Gasteiger partial charge in [0.15, 0.2) is 5.82 Å². The first-order chi connectivity index (χ1) is 13.9. The molecule has 8 nitrogen and oxygen atoms in total. The maximum Gasteiger partial charge on any atom is 0.407 e. The van der Waals surface area contributed by atoms with Crippen LogP contribution < -0.4 is 5.73 Å². The Morgan fingerprint density at radius 3 is 2.86 bits per heavy atom. The quantitative estimate of drug-likeness (QED) is 0.623. The van der Waals surface area contributed by atoms with Gasteiger partial charge < -0.3 is 20.8 Å². The van der Waals surface area contributed by atoms with Crippen LogP contribution in [0.25, 0.3) is 16.6 Å². The van der Waals surface area contributed by atoms with E-state index in [0.717, 1.165) is 18.5 Å². The number of anilines is 1. The van der Waals surface area contributed by atoms with Crippen LogP contribution in [0.1, 0.15) is 35.6 Å². The van der Waals surface area contributed by atoms with E-state index in [2.05, 4.69) is 10.1 Å². The number of amides is 1. The molecule has 9 heteroatoms. The van der Waals surface area contributed by atoms with Crippen molar-refractivity contribution < 1.29 is 19.4 Å². The van der Waals surface area contributed by atoms with Crippen molar-refractivity contribution in [1.29, 1.82) is 0 Å². The van der Waals surface area contributed by atoms with Gasteiger partial charge in [0.05, 0.1) is 6.61 Å². The Bertz CT molecular complexity index is 1070. The smallest absolute Gasteiger partial charge is 0.407 e. The van der Waals surface area contributed by atoms with E-state index < -0.39 is 11.9 Å². The third-order valence-corrected chi connectivity index (χ3v) is 5.61. The van der Waals surface area contributed by atoms with E-state index in [1.54, 1.807) is 17.5 Å². The summed E-state index contributed by atoms with van der Waals surface area (Å²) in [6, 6.07) is 5.06. The Balaban J connectivity index is 1.88.